The highest BCUT2D eigenvalue weighted by molar-refractivity contribution is 7.19. The number of rotatable bonds is 8. The predicted octanol–water partition coefficient (Wildman–Crippen LogP) is 5.01. The third-order valence-corrected chi connectivity index (χ3v) is 8.17. The molecular weight excluding hydrogens is 470 g/mol. The lowest BCUT2D eigenvalue weighted by molar-refractivity contribution is -0.140. The van der Waals surface area contributed by atoms with Gasteiger partial charge >= 0.3 is 0 Å². The van der Waals surface area contributed by atoms with Crippen molar-refractivity contribution in [1.29, 1.82) is 0 Å². The summed E-state index contributed by atoms with van der Waals surface area (Å²) in [5.41, 5.74) is 1.48. The van der Waals surface area contributed by atoms with Gasteiger partial charge in [0.25, 0.3) is 0 Å². The molecule has 7 nitrogen and oxygen atoms in total. The average Bonchev–Trinajstić information content (AvgIpc) is 3.18. The highest BCUT2D eigenvalue weighted by Gasteiger charge is 2.48. The molecule has 1 aliphatic rings. The molecule has 2 aromatic heterocycles. The van der Waals surface area contributed by atoms with Crippen LogP contribution in [0.1, 0.15) is 49.7 Å². The van der Waals surface area contributed by atoms with Crippen molar-refractivity contribution >= 4 is 33.3 Å². The summed E-state index contributed by atoms with van der Waals surface area (Å²) in [5.74, 6) is 0.837. The normalized spacial score (nSPS) is 17.5. The van der Waals surface area contributed by atoms with Gasteiger partial charge in [0.05, 0.1) is 23.6 Å². The molecule has 0 spiro atoms. The molecule has 1 N–H and O–H groups in total. The van der Waals surface area contributed by atoms with Gasteiger partial charge in [-0.05, 0) is 59.3 Å². The number of ether oxygens (including phenoxy) is 1. The average molecular weight is 508 g/mol. The third-order valence-electron chi connectivity index (χ3n) is 6.71. The Morgan fingerprint density at radius 2 is 1.94 bits per heavy atom. The van der Waals surface area contributed by atoms with Crippen molar-refractivity contribution < 1.29 is 9.53 Å². The maximum Gasteiger partial charge on any atom is 0.247 e. The number of aromatic nitrogens is 2. The second-order valence-electron chi connectivity index (χ2n) is 10.8. The van der Waals surface area contributed by atoms with Crippen LogP contribution in [0.25, 0.3) is 10.2 Å². The van der Waals surface area contributed by atoms with Gasteiger partial charge in [-0.3, -0.25) is 4.79 Å². The first-order valence-electron chi connectivity index (χ1n) is 12.3. The third kappa shape index (κ3) is 5.03. The first kappa shape index (κ1) is 26.3. The zero-order valence-corrected chi connectivity index (χ0v) is 23.1. The Kier molecular flexibility index (Phi) is 7.50. The van der Waals surface area contributed by atoms with Crippen LogP contribution in [0.2, 0.25) is 0 Å². The summed E-state index contributed by atoms with van der Waals surface area (Å²) in [6.45, 7) is 9.81. The molecule has 1 amide bonds. The van der Waals surface area contributed by atoms with Crippen LogP contribution in [0.3, 0.4) is 0 Å². The number of nitrogens with one attached hydrogen (secondary N) is 1. The minimum Gasteiger partial charge on any atom is -0.382 e. The van der Waals surface area contributed by atoms with E-state index >= 15 is 0 Å². The molecule has 0 fully saturated rings. The predicted molar refractivity (Wildman–Crippen MR) is 147 cm³/mol. The molecule has 36 heavy (non-hydrogen) atoms. The van der Waals surface area contributed by atoms with Gasteiger partial charge in [-0.1, -0.05) is 36.4 Å². The summed E-state index contributed by atoms with van der Waals surface area (Å²) in [5, 5.41) is 4.68. The molecule has 192 valence electrons. The molecule has 0 radical (unpaired) electrons. The van der Waals surface area contributed by atoms with E-state index in [4.69, 9.17) is 4.74 Å². The molecule has 8 heteroatoms. The van der Waals surface area contributed by atoms with E-state index in [-0.39, 0.29) is 17.5 Å². The molecule has 3 aromatic rings. The van der Waals surface area contributed by atoms with Crippen molar-refractivity contribution in [2.45, 2.75) is 51.2 Å². The second kappa shape index (κ2) is 10.3. The van der Waals surface area contributed by atoms with Gasteiger partial charge in [-0.15, -0.1) is 11.3 Å². The minimum atomic E-state index is -0.495. The molecule has 1 atom stereocenters. The smallest absolute Gasteiger partial charge is 0.247 e. The Balaban J connectivity index is 1.77. The number of carbonyl (C=O) groups is 1. The van der Waals surface area contributed by atoms with Gasteiger partial charge in [0, 0.05) is 30.1 Å². The maximum atomic E-state index is 13.4. The number of carbonyl (C=O) groups excluding carboxylic acids is 1. The van der Waals surface area contributed by atoms with Gasteiger partial charge in [0.15, 0.2) is 0 Å². The van der Waals surface area contributed by atoms with Crippen molar-refractivity contribution in [1.82, 2.24) is 19.8 Å². The minimum absolute atomic E-state index is 0.0311. The Bertz CT molecular complexity index is 1250. The fraction of sp³-hybridized carbons (Fsp3) is 0.464. The summed E-state index contributed by atoms with van der Waals surface area (Å²) in [4.78, 5) is 28.9. The summed E-state index contributed by atoms with van der Waals surface area (Å²) in [6.07, 6.45) is 5.99. The molecule has 0 saturated heterocycles. The Labute approximate surface area is 218 Å². The van der Waals surface area contributed by atoms with E-state index in [2.05, 4.69) is 55.1 Å². The Hall–Kier alpha value is -2.81. The van der Waals surface area contributed by atoms with E-state index in [9.17, 15) is 4.79 Å². The SMILES string of the molecule is COC[C@@H](Nc1ncnc2sc3c(c12)CC(C)(C)N(C(=O)C=CCN(C)C)C3(C)C)c1ccccc1. The number of likely N-dealkylation sites (N-methyl/N-ethyl adjacent to an activating group) is 1. The lowest BCUT2D eigenvalue weighted by Crippen LogP contribution is -2.60. The molecule has 0 aliphatic carbocycles. The van der Waals surface area contributed by atoms with Crippen LogP contribution < -0.4 is 5.32 Å². The number of nitrogens with zero attached hydrogens (tertiary/aromatic N) is 4. The summed E-state index contributed by atoms with van der Waals surface area (Å²) < 4.78 is 5.53. The van der Waals surface area contributed by atoms with Crippen LogP contribution in [-0.2, 0) is 21.5 Å². The summed E-state index contributed by atoms with van der Waals surface area (Å²) >= 11 is 1.66. The zero-order chi connectivity index (χ0) is 26.1. The van der Waals surface area contributed by atoms with E-state index in [1.54, 1.807) is 30.8 Å². The number of hydrogen-bond acceptors (Lipinski definition) is 7. The monoisotopic (exact) mass is 507 g/mol. The number of fused-ring (bicyclic) bond motifs is 3. The lowest BCUT2D eigenvalue weighted by atomic mass is 9.79. The molecule has 0 saturated carbocycles. The number of amides is 1. The largest absolute Gasteiger partial charge is 0.382 e. The van der Waals surface area contributed by atoms with Crippen LogP contribution in [0.4, 0.5) is 5.82 Å². The van der Waals surface area contributed by atoms with Crippen LogP contribution in [0.15, 0.2) is 48.8 Å². The van der Waals surface area contributed by atoms with Crippen molar-refractivity contribution in [2.75, 3.05) is 39.7 Å². The number of thiophene rings is 1. The molecule has 0 bridgehead atoms. The van der Waals surface area contributed by atoms with Crippen LogP contribution in [-0.4, -0.2) is 65.6 Å². The Morgan fingerprint density at radius 1 is 1.22 bits per heavy atom. The second-order valence-corrected chi connectivity index (χ2v) is 11.8. The standard InChI is InChI=1S/C28H37N5O2S/c1-27(2)16-20-23-25(31-21(17-35-7)19-12-9-8-10-13-19)29-18-30-26(23)36-24(20)28(3,4)33(27)22(34)14-11-15-32(5)6/h8-14,18,21H,15-17H2,1-7H3,(H,29,30,31)/t21-/m1/s1. The van der Waals surface area contributed by atoms with Crippen LogP contribution >= 0.6 is 11.3 Å². The number of hydrogen-bond donors (Lipinski definition) is 1. The van der Waals surface area contributed by atoms with E-state index in [1.807, 2.05) is 48.2 Å². The topological polar surface area (TPSA) is 70.6 Å². The quantitative estimate of drug-likeness (QED) is 0.433. The summed E-state index contributed by atoms with van der Waals surface area (Å²) in [6, 6.07) is 10.2. The molecule has 3 heterocycles. The van der Waals surface area contributed by atoms with Crippen molar-refractivity contribution in [3.05, 3.63) is 64.8 Å². The van der Waals surface area contributed by atoms with Crippen LogP contribution in [0.5, 0.6) is 0 Å². The van der Waals surface area contributed by atoms with E-state index in [0.717, 1.165) is 39.4 Å². The maximum absolute atomic E-state index is 13.4. The fourth-order valence-corrected chi connectivity index (χ4v) is 6.64. The molecular formula is C28H37N5O2S. The highest BCUT2D eigenvalue weighted by Crippen LogP contribution is 2.50. The molecule has 0 unspecified atom stereocenters. The lowest BCUT2D eigenvalue weighted by Gasteiger charge is -2.52. The van der Waals surface area contributed by atoms with Gasteiger partial charge in [0.2, 0.25) is 5.91 Å². The van der Waals surface area contributed by atoms with Crippen molar-refractivity contribution in [3.63, 3.8) is 0 Å². The molecule has 1 aliphatic heterocycles. The fourth-order valence-electron chi connectivity index (χ4n) is 5.38. The van der Waals surface area contributed by atoms with E-state index in [1.165, 1.54) is 5.56 Å². The highest BCUT2D eigenvalue weighted by atomic mass is 32.1. The number of anilines is 1. The number of methoxy groups -OCH3 is 1. The molecule has 1 aromatic carbocycles. The van der Waals surface area contributed by atoms with E-state index in [0.29, 0.717) is 6.61 Å². The van der Waals surface area contributed by atoms with Crippen molar-refractivity contribution in [2.24, 2.45) is 0 Å². The zero-order valence-electron chi connectivity index (χ0n) is 22.3. The van der Waals surface area contributed by atoms with Crippen LogP contribution in [0, 0.1) is 0 Å². The van der Waals surface area contributed by atoms with E-state index < -0.39 is 5.54 Å². The van der Waals surface area contributed by atoms with Crippen molar-refractivity contribution in [3.8, 4) is 0 Å². The first-order chi connectivity index (χ1) is 17.1. The Morgan fingerprint density at radius 3 is 2.61 bits per heavy atom. The van der Waals surface area contributed by atoms with Gasteiger partial charge in [0.1, 0.15) is 17.0 Å². The number of benzene rings is 1. The summed E-state index contributed by atoms with van der Waals surface area (Å²) in [7, 11) is 5.70. The first-order valence-corrected chi connectivity index (χ1v) is 13.1. The van der Waals surface area contributed by atoms with Gasteiger partial charge in [-0.2, -0.15) is 0 Å². The van der Waals surface area contributed by atoms with Gasteiger partial charge < -0.3 is 19.9 Å². The molecule has 4 rings (SSSR count). The van der Waals surface area contributed by atoms with Gasteiger partial charge in [-0.25, -0.2) is 9.97 Å².